The molecule has 2 rings (SSSR count). The fourth-order valence-electron chi connectivity index (χ4n) is 3.00. The minimum atomic E-state index is -0.639. The molecule has 0 spiro atoms. The van der Waals surface area contributed by atoms with E-state index in [2.05, 4.69) is 10.3 Å². The summed E-state index contributed by atoms with van der Waals surface area (Å²) < 4.78 is 0. The largest absolute Gasteiger partial charge is 0.508 e. The quantitative estimate of drug-likeness (QED) is 0.226. The molecule has 0 fully saturated rings. The van der Waals surface area contributed by atoms with Gasteiger partial charge in [-0.2, -0.15) is 0 Å². The number of hydrogen-bond acceptors (Lipinski definition) is 7. The number of rotatable bonds is 13. The van der Waals surface area contributed by atoms with E-state index in [-0.39, 0.29) is 42.3 Å². The Morgan fingerprint density at radius 1 is 1.00 bits per heavy atom. The van der Waals surface area contributed by atoms with Crippen LogP contribution in [0.5, 0.6) is 5.75 Å². The van der Waals surface area contributed by atoms with Crippen molar-refractivity contribution in [2.75, 3.05) is 7.05 Å². The Hall–Kier alpha value is -3.19. The van der Waals surface area contributed by atoms with Gasteiger partial charge in [0.25, 0.3) is 0 Å². The summed E-state index contributed by atoms with van der Waals surface area (Å²) in [6.45, 7) is 0. The van der Waals surface area contributed by atoms with E-state index in [9.17, 15) is 24.3 Å². The van der Waals surface area contributed by atoms with Crippen LogP contribution in [0, 0.1) is 0 Å². The average Bonchev–Trinajstić information content (AvgIpc) is 2.76. The molecule has 0 aliphatic heterocycles. The first-order chi connectivity index (χ1) is 14.4. The first-order valence-corrected chi connectivity index (χ1v) is 9.89. The maximum absolute atomic E-state index is 12.4. The number of carbonyl (C=O) groups is 4. The van der Waals surface area contributed by atoms with E-state index in [1.807, 2.05) is 0 Å². The maximum atomic E-state index is 12.4. The predicted molar refractivity (Wildman–Crippen MR) is 111 cm³/mol. The van der Waals surface area contributed by atoms with Crippen molar-refractivity contribution >= 4 is 23.1 Å². The summed E-state index contributed by atoms with van der Waals surface area (Å²) in [5.74, 6) is -1.37. The van der Waals surface area contributed by atoms with Crippen molar-refractivity contribution in [2.45, 2.75) is 44.6 Å². The van der Waals surface area contributed by atoms with E-state index in [0.29, 0.717) is 19.3 Å². The van der Waals surface area contributed by atoms with Crippen LogP contribution in [0.2, 0.25) is 0 Å². The van der Waals surface area contributed by atoms with Gasteiger partial charge in [-0.3, -0.25) is 24.2 Å². The molecule has 7 heteroatoms. The number of carbonyl (C=O) groups excluding carboxylic acids is 4. The summed E-state index contributed by atoms with van der Waals surface area (Å²) in [4.78, 5) is 52.5. The zero-order chi connectivity index (χ0) is 21.9. The maximum Gasteiger partial charge on any atom is 0.215 e. The molecule has 2 N–H and O–H groups in total. The summed E-state index contributed by atoms with van der Waals surface area (Å²) in [5.41, 5.74) is 1.09. The van der Waals surface area contributed by atoms with Gasteiger partial charge in [-0.25, -0.2) is 0 Å². The van der Waals surface area contributed by atoms with Gasteiger partial charge in [0, 0.05) is 19.0 Å². The van der Waals surface area contributed by atoms with Crippen molar-refractivity contribution in [1.29, 1.82) is 0 Å². The lowest BCUT2D eigenvalue weighted by molar-refractivity contribution is -0.137. The van der Waals surface area contributed by atoms with Crippen LogP contribution in [0.25, 0.3) is 0 Å². The van der Waals surface area contributed by atoms with Gasteiger partial charge in [-0.1, -0.05) is 18.2 Å². The summed E-state index contributed by atoms with van der Waals surface area (Å²) in [7, 11) is 1.62. The van der Waals surface area contributed by atoms with Gasteiger partial charge in [-0.15, -0.1) is 0 Å². The Kier molecular flexibility index (Phi) is 9.03. The molecule has 0 saturated heterocycles. The number of unbranched alkanes of at least 4 members (excludes halogenated alkanes) is 1. The molecule has 0 aliphatic carbocycles. The van der Waals surface area contributed by atoms with Crippen molar-refractivity contribution in [2.24, 2.45) is 0 Å². The number of aromatic hydroxyl groups is 1. The Bertz CT molecular complexity index is 878. The molecule has 1 atom stereocenters. The monoisotopic (exact) mass is 410 g/mol. The van der Waals surface area contributed by atoms with Crippen LogP contribution >= 0.6 is 0 Å². The molecule has 7 nitrogen and oxygen atoms in total. The van der Waals surface area contributed by atoms with Crippen LogP contribution < -0.4 is 5.32 Å². The lowest BCUT2D eigenvalue weighted by Crippen LogP contribution is -2.40. The second-order valence-corrected chi connectivity index (χ2v) is 7.06. The smallest absolute Gasteiger partial charge is 0.215 e. The summed E-state index contributed by atoms with van der Waals surface area (Å²) >= 11 is 0. The Balaban J connectivity index is 1.72. The molecule has 0 aliphatic rings. The highest BCUT2D eigenvalue weighted by molar-refractivity contribution is 6.39. The molecule has 1 unspecified atom stereocenters. The number of hydrogen-bond donors (Lipinski definition) is 2. The van der Waals surface area contributed by atoms with Crippen LogP contribution in [0.1, 0.15) is 48.2 Å². The lowest BCUT2D eigenvalue weighted by atomic mass is 9.97. The first-order valence-electron chi connectivity index (χ1n) is 9.89. The number of ketones is 4. The van der Waals surface area contributed by atoms with Gasteiger partial charge in [0.05, 0.1) is 12.5 Å². The highest BCUT2D eigenvalue weighted by atomic mass is 16.3. The molecule has 2 aromatic rings. The molecule has 1 heterocycles. The van der Waals surface area contributed by atoms with Gasteiger partial charge < -0.3 is 10.4 Å². The number of Topliss-reactive ketones (excluding diaryl/α,β-unsaturated/α-hetero) is 4. The van der Waals surface area contributed by atoms with Crippen LogP contribution in [-0.2, 0) is 20.8 Å². The molecule has 0 bridgehead atoms. The van der Waals surface area contributed by atoms with Crippen LogP contribution in [0.15, 0.2) is 48.7 Å². The molecule has 1 aromatic heterocycles. The van der Waals surface area contributed by atoms with Crippen LogP contribution in [0.4, 0.5) is 0 Å². The number of aromatic nitrogens is 1. The molecule has 0 saturated carbocycles. The molecular weight excluding hydrogens is 384 g/mol. The zero-order valence-corrected chi connectivity index (χ0v) is 17.0. The van der Waals surface area contributed by atoms with E-state index >= 15 is 0 Å². The average molecular weight is 410 g/mol. The summed E-state index contributed by atoms with van der Waals surface area (Å²) in [5, 5.41) is 12.2. The molecule has 1 aromatic carbocycles. The van der Waals surface area contributed by atoms with Gasteiger partial charge in [0.1, 0.15) is 17.2 Å². The van der Waals surface area contributed by atoms with Crippen molar-refractivity contribution in [1.82, 2.24) is 10.3 Å². The second kappa shape index (κ2) is 11.7. The third-order valence-electron chi connectivity index (χ3n) is 4.73. The third-order valence-corrected chi connectivity index (χ3v) is 4.73. The zero-order valence-electron chi connectivity index (χ0n) is 17.0. The Morgan fingerprint density at radius 3 is 2.33 bits per heavy atom. The van der Waals surface area contributed by atoms with Gasteiger partial charge in [0.15, 0.2) is 11.6 Å². The molecule has 0 radical (unpaired) electrons. The first kappa shape index (κ1) is 23.1. The number of phenols is 1. The summed E-state index contributed by atoms with van der Waals surface area (Å²) in [6.07, 6.45) is 2.73. The van der Waals surface area contributed by atoms with E-state index in [1.54, 1.807) is 37.4 Å². The predicted octanol–water partition coefficient (Wildman–Crippen LogP) is 2.46. The molecule has 0 amide bonds. The normalized spacial score (nSPS) is 11.6. The van der Waals surface area contributed by atoms with E-state index in [0.717, 1.165) is 5.56 Å². The number of pyridine rings is 1. The fourth-order valence-corrected chi connectivity index (χ4v) is 3.00. The van der Waals surface area contributed by atoms with Crippen molar-refractivity contribution in [3.05, 3.63) is 59.9 Å². The van der Waals surface area contributed by atoms with Gasteiger partial charge in [0.2, 0.25) is 5.78 Å². The molecule has 30 heavy (non-hydrogen) atoms. The molecular formula is C23H26N2O5. The number of nitrogens with zero attached hydrogens (tertiary/aromatic N) is 1. The summed E-state index contributed by atoms with van der Waals surface area (Å²) in [6, 6.07) is 10.8. The van der Waals surface area contributed by atoms with E-state index in [1.165, 1.54) is 18.3 Å². The minimum absolute atomic E-state index is 0.0636. The second-order valence-electron chi connectivity index (χ2n) is 7.06. The Morgan fingerprint density at radius 2 is 1.70 bits per heavy atom. The van der Waals surface area contributed by atoms with Crippen LogP contribution in [-0.4, -0.2) is 46.3 Å². The third kappa shape index (κ3) is 7.33. The van der Waals surface area contributed by atoms with Crippen LogP contribution in [0.3, 0.4) is 0 Å². The SMILES string of the molecule is CNC(Cc1ccc(O)cc1)C(=O)C(=O)CCCCC(=O)CC(=O)c1ccccn1. The fraction of sp³-hybridized carbons (Fsp3) is 0.348. The van der Waals surface area contributed by atoms with Crippen molar-refractivity contribution in [3.8, 4) is 5.75 Å². The topological polar surface area (TPSA) is 113 Å². The molecule has 158 valence electrons. The number of likely N-dealkylation sites (N-methyl/N-ethyl adjacent to an activating group) is 1. The standard InChI is InChI=1S/C23H26N2O5/c1-24-20(14-16-9-11-17(26)12-10-16)23(30)21(28)8-3-2-6-18(27)15-22(29)19-7-4-5-13-25-19/h4-5,7,9-13,20,24,26H,2-3,6,8,14-15H2,1H3. The number of nitrogens with one attached hydrogen (secondary N) is 1. The number of benzene rings is 1. The van der Waals surface area contributed by atoms with Crippen molar-refractivity contribution < 1.29 is 24.3 Å². The number of phenolic OH excluding ortho intramolecular Hbond substituents is 1. The van der Waals surface area contributed by atoms with E-state index < -0.39 is 17.6 Å². The highest BCUT2D eigenvalue weighted by Gasteiger charge is 2.23. The lowest BCUT2D eigenvalue weighted by Gasteiger charge is -2.14. The Labute approximate surface area is 175 Å². The minimum Gasteiger partial charge on any atom is -0.508 e. The van der Waals surface area contributed by atoms with E-state index in [4.69, 9.17) is 0 Å². The van der Waals surface area contributed by atoms with Gasteiger partial charge >= 0.3 is 0 Å². The van der Waals surface area contributed by atoms with Crippen molar-refractivity contribution in [3.63, 3.8) is 0 Å². The highest BCUT2D eigenvalue weighted by Crippen LogP contribution is 2.13. The van der Waals surface area contributed by atoms with Gasteiger partial charge in [-0.05, 0) is 56.1 Å².